The number of carbonyl (C=O) groups is 1. The number of amides is 1. The summed E-state index contributed by atoms with van der Waals surface area (Å²) in [6, 6.07) is 5.31. The normalized spacial score (nSPS) is 17.3. The second-order valence-electron chi connectivity index (χ2n) is 10.4. The van der Waals surface area contributed by atoms with Crippen LogP contribution in [0.25, 0.3) is 31.8 Å². The van der Waals surface area contributed by atoms with E-state index in [1.54, 1.807) is 13.3 Å². The van der Waals surface area contributed by atoms with Crippen LogP contribution < -0.4 is 9.47 Å². The van der Waals surface area contributed by atoms with Gasteiger partial charge < -0.3 is 14.6 Å². The van der Waals surface area contributed by atoms with Gasteiger partial charge in [0, 0.05) is 29.2 Å². The molecule has 3 heterocycles. The summed E-state index contributed by atoms with van der Waals surface area (Å²) in [6.45, 7) is 9.37. The molecule has 36 heavy (non-hydrogen) atoms. The lowest BCUT2D eigenvalue weighted by atomic mass is 9.96. The first-order valence-electron chi connectivity index (χ1n) is 11.5. The summed E-state index contributed by atoms with van der Waals surface area (Å²) in [4.78, 5) is 27.1. The Morgan fingerprint density at radius 1 is 1.28 bits per heavy atom. The fourth-order valence-electron chi connectivity index (χ4n) is 4.65. The highest BCUT2D eigenvalue weighted by atomic mass is 32.1. The van der Waals surface area contributed by atoms with Crippen molar-refractivity contribution < 1.29 is 23.8 Å². The Morgan fingerprint density at radius 2 is 2.03 bits per heavy atom. The van der Waals surface area contributed by atoms with E-state index in [4.69, 9.17) is 14.5 Å². The van der Waals surface area contributed by atoms with Crippen LogP contribution in [0.1, 0.15) is 38.8 Å². The van der Waals surface area contributed by atoms with Crippen molar-refractivity contribution in [1.29, 1.82) is 0 Å². The fraction of sp³-hybridized carbons (Fsp3) is 0.385. The summed E-state index contributed by atoms with van der Waals surface area (Å²) in [6.07, 6.45) is 0.885. The van der Waals surface area contributed by atoms with Gasteiger partial charge in [0.25, 0.3) is 0 Å². The van der Waals surface area contributed by atoms with Crippen LogP contribution in [-0.2, 0) is 6.42 Å². The molecule has 8 nitrogen and oxygen atoms in total. The fourth-order valence-corrected chi connectivity index (χ4v) is 5.75. The zero-order valence-corrected chi connectivity index (χ0v) is 21.8. The quantitative estimate of drug-likeness (QED) is 0.369. The molecule has 10 heteroatoms. The average molecular weight is 511 g/mol. The Kier molecular flexibility index (Phi) is 5.55. The van der Waals surface area contributed by atoms with E-state index in [9.17, 15) is 9.90 Å². The number of hydrogen-bond acceptors (Lipinski definition) is 7. The molecule has 0 saturated heterocycles. The van der Waals surface area contributed by atoms with E-state index in [0.29, 0.717) is 39.4 Å². The second kappa shape index (κ2) is 8.26. The van der Waals surface area contributed by atoms with Gasteiger partial charge in [0.05, 0.1) is 41.1 Å². The van der Waals surface area contributed by atoms with Crippen molar-refractivity contribution in [1.82, 2.24) is 19.9 Å². The van der Waals surface area contributed by atoms with Gasteiger partial charge in [-0.1, -0.05) is 0 Å². The number of thiazole rings is 1. The molecule has 188 valence electrons. The van der Waals surface area contributed by atoms with Crippen LogP contribution in [0.5, 0.6) is 11.6 Å². The molecule has 1 N–H and O–H groups in total. The molecule has 0 fully saturated rings. The topological polar surface area (TPSA) is 97.7 Å². The van der Waals surface area contributed by atoms with Crippen molar-refractivity contribution in [2.45, 2.75) is 52.2 Å². The summed E-state index contributed by atoms with van der Waals surface area (Å²) in [5.74, 6) is 0.0812. The summed E-state index contributed by atoms with van der Waals surface area (Å²) in [7, 11) is 1.54. The van der Waals surface area contributed by atoms with Crippen molar-refractivity contribution in [3.8, 4) is 22.2 Å². The maximum atomic E-state index is 15.2. The van der Waals surface area contributed by atoms with Crippen molar-refractivity contribution in [2.75, 3.05) is 13.7 Å². The van der Waals surface area contributed by atoms with Gasteiger partial charge in [-0.15, -0.1) is 11.3 Å². The van der Waals surface area contributed by atoms with Crippen molar-refractivity contribution in [2.24, 2.45) is 0 Å². The third-order valence-electron chi connectivity index (χ3n) is 6.32. The zero-order chi connectivity index (χ0) is 26.0. The summed E-state index contributed by atoms with van der Waals surface area (Å²) < 4.78 is 27.3. The number of carboxylic acid groups (broad SMARTS) is 1. The molecule has 1 amide bonds. The minimum atomic E-state index is -1.04. The van der Waals surface area contributed by atoms with E-state index in [2.05, 4.69) is 9.97 Å². The van der Waals surface area contributed by atoms with Crippen LogP contribution in [0.4, 0.5) is 9.18 Å². The van der Waals surface area contributed by atoms with E-state index in [0.717, 1.165) is 15.8 Å². The van der Waals surface area contributed by atoms with Crippen LogP contribution in [0, 0.1) is 12.7 Å². The third kappa shape index (κ3) is 4.09. The minimum Gasteiger partial charge on any atom is -0.482 e. The van der Waals surface area contributed by atoms with Crippen LogP contribution in [0.2, 0.25) is 0 Å². The van der Waals surface area contributed by atoms with Crippen LogP contribution in [0.3, 0.4) is 0 Å². The molecule has 1 aliphatic rings. The maximum Gasteiger partial charge on any atom is 0.407 e. The first-order valence-corrected chi connectivity index (χ1v) is 12.3. The van der Waals surface area contributed by atoms with Gasteiger partial charge in [0.1, 0.15) is 10.6 Å². The Balaban J connectivity index is 1.59. The number of nitrogens with zero attached hydrogens (tertiary/aromatic N) is 4. The van der Waals surface area contributed by atoms with Crippen LogP contribution in [-0.4, -0.2) is 55.8 Å². The largest absolute Gasteiger partial charge is 0.482 e. The molecule has 2 aromatic carbocycles. The summed E-state index contributed by atoms with van der Waals surface area (Å²) >= 11 is 1.44. The molecule has 2 aromatic heterocycles. The first-order chi connectivity index (χ1) is 16.9. The van der Waals surface area contributed by atoms with Crippen molar-refractivity contribution in [3.63, 3.8) is 0 Å². The minimum absolute atomic E-state index is 0.104. The summed E-state index contributed by atoms with van der Waals surface area (Å²) in [5, 5.41) is 10.5. The lowest BCUT2D eigenvalue weighted by Crippen LogP contribution is -2.53. The van der Waals surface area contributed by atoms with Gasteiger partial charge in [-0.05, 0) is 52.3 Å². The molecule has 0 saturated carbocycles. The molecule has 1 atom stereocenters. The van der Waals surface area contributed by atoms with E-state index in [1.807, 2.05) is 46.8 Å². The van der Waals surface area contributed by atoms with Crippen LogP contribution >= 0.6 is 11.3 Å². The van der Waals surface area contributed by atoms with Gasteiger partial charge in [0.2, 0.25) is 5.88 Å². The molecule has 0 radical (unpaired) electrons. The van der Waals surface area contributed by atoms with Crippen molar-refractivity contribution in [3.05, 3.63) is 41.3 Å². The lowest BCUT2D eigenvalue weighted by molar-refractivity contribution is 0.0256. The molecule has 0 spiro atoms. The molecular formula is C26H27FN4O4S. The zero-order valence-electron chi connectivity index (χ0n) is 21.0. The van der Waals surface area contributed by atoms with Gasteiger partial charge in [-0.25, -0.2) is 24.1 Å². The number of rotatable bonds is 4. The summed E-state index contributed by atoms with van der Waals surface area (Å²) in [5.41, 5.74) is 2.86. The molecular weight excluding hydrogens is 483 g/mol. The highest BCUT2D eigenvalue weighted by Gasteiger charge is 2.43. The number of fused-ring (bicyclic) bond motifs is 4. The van der Waals surface area contributed by atoms with E-state index in [1.165, 1.54) is 22.3 Å². The Morgan fingerprint density at radius 3 is 2.69 bits per heavy atom. The monoisotopic (exact) mass is 510 g/mol. The average Bonchev–Trinajstić information content (AvgIpc) is 3.37. The first kappa shape index (κ1) is 24.2. The Labute approximate surface area is 211 Å². The molecule has 4 aromatic rings. The number of benzene rings is 2. The van der Waals surface area contributed by atoms with Crippen molar-refractivity contribution >= 4 is 38.7 Å². The molecule has 1 aliphatic heterocycles. The molecule has 5 rings (SSSR count). The number of aryl methyl sites for hydroxylation is 1. The highest BCUT2D eigenvalue weighted by molar-refractivity contribution is 7.22. The van der Waals surface area contributed by atoms with Crippen LogP contribution in [0.15, 0.2) is 24.4 Å². The smallest absolute Gasteiger partial charge is 0.407 e. The van der Waals surface area contributed by atoms with E-state index < -0.39 is 23.1 Å². The highest BCUT2D eigenvalue weighted by Crippen LogP contribution is 2.46. The van der Waals surface area contributed by atoms with Gasteiger partial charge >= 0.3 is 6.09 Å². The predicted molar refractivity (Wildman–Crippen MR) is 137 cm³/mol. The second-order valence-corrected chi connectivity index (χ2v) is 11.4. The predicted octanol–water partition coefficient (Wildman–Crippen LogP) is 5.83. The standard InChI is InChI=1S/C26H27FN4O4S/c1-13-7-14(20-17(8-13)29-19(34-6)11-28-20)23-30-18-9-16(27)21-15(22(18)36-23)10-26(5,35-21)12-31(24(32)33)25(2,3)4/h7-9,11H,10,12H2,1-6H3,(H,32,33). The number of ether oxygens (including phenoxy) is 2. The Bertz CT molecular complexity index is 1530. The maximum absolute atomic E-state index is 15.2. The molecule has 0 bridgehead atoms. The number of hydrogen-bond donors (Lipinski definition) is 1. The van der Waals surface area contributed by atoms with E-state index >= 15 is 4.39 Å². The van der Waals surface area contributed by atoms with Gasteiger partial charge in [-0.3, -0.25) is 4.90 Å². The molecule has 0 aliphatic carbocycles. The molecule has 1 unspecified atom stereocenters. The van der Waals surface area contributed by atoms with Gasteiger partial charge in [-0.2, -0.15) is 0 Å². The Hall–Kier alpha value is -3.53. The lowest BCUT2D eigenvalue weighted by Gasteiger charge is -2.38. The third-order valence-corrected chi connectivity index (χ3v) is 7.49. The number of methoxy groups -OCH3 is 1. The van der Waals surface area contributed by atoms with Gasteiger partial charge in [0.15, 0.2) is 11.6 Å². The SMILES string of the molecule is COc1cnc2c(-c3nc4cc(F)c5c(c4s3)CC(C)(CN(C(=O)O)C(C)(C)C)O5)cc(C)cc2n1. The number of aromatic nitrogens is 3. The number of halogens is 1. The van der Waals surface area contributed by atoms with E-state index in [-0.39, 0.29) is 12.3 Å².